The zero-order chi connectivity index (χ0) is 33.3. The Kier molecular flexibility index (Phi) is 9.36. The lowest BCUT2D eigenvalue weighted by atomic mass is 9.66. The van der Waals surface area contributed by atoms with E-state index in [1.807, 2.05) is 84.6 Å². The molecule has 2 bridgehead atoms. The molecule has 3 aliphatic heterocycles. The molecule has 47 heavy (non-hydrogen) atoms. The third-order valence-electron chi connectivity index (χ3n) is 10.4. The number of nitrogens with zero attached hydrogens (tertiary/aromatic N) is 3. The van der Waals surface area contributed by atoms with Gasteiger partial charge in [0.2, 0.25) is 11.8 Å². The molecule has 0 aromatic heterocycles. The summed E-state index contributed by atoms with van der Waals surface area (Å²) in [5.41, 5.74) is 1.69. The summed E-state index contributed by atoms with van der Waals surface area (Å²) >= 11 is 1.66. The Balaban J connectivity index is 1.47. The number of aliphatic hydroxyl groups excluding tert-OH is 1. The van der Waals surface area contributed by atoms with Crippen molar-refractivity contribution < 1.29 is 19.5 Å². The minimum Gasteiger partial charge on any atom is -0.394 e. The third-order valence-corrected chi connectivity index (χ3v) is 12.4. The summed E-state index contributed by atoms with van der Waals surface area (Å²) in [4.78, 5) is 49.9. The van der Waals surface area contributed by atoms with Gasteiger partial charge in [-0.2, -0.15) is 0 Å². The number of rotatable bonds is 13. The van der Waals surface area contributed by atoms with E-state index in [0.717, 1.165) is 34.9 Å². The highest BCUT2D eigenvalue weighted by Crippen LogP contribution is 2.72. The predicted molar refractivity (Wildman–Crippen MR) is 190 cm³/mol. The Labute approximate surface area is 282 Å². The number of thioether (sulfide) groups is 1. The quantitative estimate of drug-likeness (QED) is 0.234. The van der Waals surface area contributed by atoms with Crippen LogP contribution < -0.4 is 4.90 Å². The zero-order valence-corrected chi connectivity index (χ0v) is 28.2. The van der Waals surface area contributed by atoms with E-state index >= 15 is 4.79 Å². The second-order valence-electron chi connectivity index (χ2n) is 13.3. The number of carbonyl (C=O) groups is 3. The maximum absolute atomic E-state index is 15.2. The summed E-state index contributed by atoms with van der Waals surface area (Å²) < 4.78 is -1.30. The van der Waals surface area contributed by atoms with Crippen molar-refractivity contribution in [3.8, 4) is 0 Å². The van der Waals surface area contributed by atoms with Crippen molar-refractivity contribution in [3.05, 3.63) is 104 Å². The van der Waals surface area contributed by atoms with E-state index in [1.165, 1.54) is 0 Å². The molecule has 1 N–H and O–H groups in total. The molecule has 6 atom stereocenters. The van der Waals surface area contributed by atoms with E-state index < -0.39 is 33.4 Å². The number of hydrogen-bond donors (Lipinski definition) is 1. The molecule has 6 rings (SSSR count). The Morgan fingerprint density at radius 3 is 2.38 bits per heavy atom. The largest absolute Gasteiger partial charge is 0.394 e. The Morgan fingerprint density at radius 2 is 1.70 bits per heavy atom. The van der Waals surface area contributed by atoms with Gasteiger partial charge in [-0.1, -0.05) is 79.7 Å². The van der Waals surface area contributed by atoms with Gasteiger partial charge in [0.25, 0.3) is 5.91 Å². The fourth-order valence-corrected chi connectivity index (χ4v) is 10.7. The van der Waals surface area contributed by atoms with E-state index in [4.69, 9.17) is 0 Å². The predicted octanol–water partition coefficient (Wildman–Crippen LogP) is 5.87. The first-order chi connectivity index (χ1) is 22.7. The van der Waals surface area contributed by atoms with Gasteiger partial charge < -0.3 is 19.8 Å². The van der Waals surface area contributed by atoms with Gasteiger partial charge in [0.1, 0.15) is 6.04 Å². The molecule has 0 radical (unpaired) electrons. The average molecular weight is 652 g/mol. The number of aliphatic hydroxyl groups is 1. The summed E-state index contributed by atoms with van der Waals surface area (Å²) in [7, 11) is 0. The molecule has 2 unspecified atom stereocenters. The minimum atomic E-state index is -0.865. The molecule has 3 heterocycles. The first-order valence-corrected chi connectivity index (χ1v) is 17.5. The second-order valence-corrected chi connectivity index (χ2v) is 15.2. The van der Waals surface area contributed by atoms with Crippen LogP contribution in [0.2, 0.25) is 0 Å². The lowest BCUT2D eigenvalue weighted by Gasteiger charge is -2.39. The van der Waals surface area contributed by atoms with Crippen molar-refractivity contribution in [2.75, 3.05) is 31.1 Å². The molecule has 8 heteroatoms. The average Bonchev–Trinajstić information content (AvgIpc) is 3.66. The normalized spacial score (nSPS) is 26.7. The first-order valence-electron chi connectivity index (χ1n) is 16.7. The van der Waals surface area contributed by atoms with Crippen LogP contribution in [0.3, 0.4) is 0 Å². The van der Waals surface area contributed by atoms with Crippen molar-refractivity contribution in [2.24, 2.45) is 11.8 Å². The van der Waals surface area contributed by atoms with Gasteiger partial charge in [-0.3, -0.25) is 14.4 Å². The maximum Gasteiger partial charge on any atom is 0.251 e. The van der Waals surface area contributed by atoms with E-state index in [2.05, 4.69) is 20.1 Å². The molecular formula is C39H45N3O4S. The number of hydrogen-bond acceptors (Lipinski definition) is 5. The standard InChI is InChI=1S/C39H45N3O4S/c1-5-21-40(22-6-2)35(44)32-33-36(45)42(31(26-43)24-27-13-9-8-10-14-27)34(39(33)20-19-38(32,4)47-39)37(46)41(23-7-3)30-18-17-28-15-11-12-16-29(28)25-30/h5,7-18,25,31-34,43H,1,3,6,19-24,26H2,2,4H3/t31-,32-,33+,34?,38+,39?/m1/s1. The summed E-state index contributed by atoms with van der Waals surface area (Å²) in [6.45, 7) is 12.9. The molecule has 3 aromatic rings. The summed E-state index contributed by atoms with van der Waals surface area (Å²) in [5.74, 6) is -1.71. The number of amides is 3. The van der Waals surface area contributed by atoms with Crippen LogP contribution in [0, 0.1) is 11.8 Å². The van der Waals surface area contributed by atoms with Crippen LogP contribution >= 0.6 is 11.8 Å². The molecule has 0 saturated carbocycles. The number of anilines is 1. The van der Waals surface area contributed by atoms with Crippen LogP contribution in [0.5, 0.6) is 0 Å². The fraction of sp³-hybridized carbons (Fsp3) is 0.410. The maximum atomic E-state index is 15.2. The lowest BCUT2D eigenvalue weighted by Crippen LogP contribution is -2.58. The summed E-state index contributed by atoms with van der Waals surface area (Å²) in [6.07, 6.45) is 6.00. The third kappa shape index (κ3) is 5.59. The highest BCUT2D eigenvalue weighted by atomic mass is 32.2. The molecule has 1 spiro atoms. The molecule has 246 valence electrons. The van der Waals surface area contributed by atoms with Gasteiger partial charge in [0, 0.05) is 30.1 Å². The molecule has 3 fully saturated rings. The topological polar surface area (TPSA) is 81.2 Å². The van der Waals surface area contributed by atoms with Crippen LogP contribution in [0.4, 0.5) is 5.69 Å². The van der Waals surface area contributed by atoms with Crippen LogP contribution in [-0.2, 0) is 20.8 Å². The van der Waals surface area contributed by atoms with Crippen LogP contribution in [0.1, 0.15) is 38.7 Å². The minimum absolute atomic E-state index is 0.0455. The van der Waals surface area contributed by atoms with E-state index in [-0.39, 0.29) is 30.9 Å². The number of likely N-dealkylation sites (tertiary alicyclic amines) is 1. The van der Waals surface area contributed by atoms with Gasteiger partial charge in [-0.25, -0.2) is 0 Å². The molecular weight excluding hydrogens is 607 g/mol. The number of benzene rings is 3. The highest BCUT2D eigenvalue weighted by Gasteiger charge is 2.78. The van der Waals surface area contributed by atoms with Gasteiger partial charge in [0.15, 0.2) is 0 Å². The summed E-state index contributed by atoms with van der Waals surface area (Å²) in [5, 5.41) is 13.0. The van der Waals surface area contributed by atoms with Gasteiger partial charge in [0.05, 0.1) is 29.2 Å². The van der Waals surface area contributed by atoms with Crippen LogP contribution in [-0.4, -0.2) is 80.4 Å². The van der Waals surface area contributed by atoms with E-state index in [1.54, 1.807) is 33.7 Å². The highest BCUT2D eigenvalue weighted by molar-refractivity contribution is 8.02. The van der Waals surface area contributed by atoms with Crippen molar-refractivity contribution in [3.63, 3.8) is 0 Å². The lowest BCUT2D eigenvalue weighted by molar-refractivity contribution is -0.146. The Bertz CT molecular complexity index is 1680. The molecule has 7 nitrogen and oxygen atoms in total. The Morgan fingerprint density at radius 1 is 1.00 bits per heavy atom. The molecule has 3 saturated heterocycles. The number of fused-ring (bicyclic) bond motifs is 2. The number of carbonyl (C=O) groups excluding carboxylic acids is 3. The smallest absolute Gasteiger partial charge is 0.251 e. The molecule has 3 aliphatic rings. The summed E-state index contributed by atoms with van der Waals surface area (Å²) in [6, 6.07) is 22.2. The van der Waals surface area contributed by atoms with Gasteiger partial charge in [-0.05, 0) is 61.1 Å². The van der Waals surface area contributed by atoms with Crippen molar-refractivity contribution in [1.82, 2.24) is 9.80 Å². The second kappa shape index (κ2) is 13.3. The Hall–Kier alpha value is -3.88. The van der Waals surface area contributed by atoms with Crippen LogP contribution in [0.25, 0.3) is 10.8 Å². The fourth-order valence-electron chi connectivity index (χ4n) is 8.41. The molecule has 0 aliphatic carbocycles. The zero-order valence-electron chi connectivity index (χ0n) is 27.4. The molecule has 3 amide bonds. The van der Waals surface area contributed by atoms with Gasteiger partial charge in [-0.15, -0.1) is 24.9 Å². The van der Waals surface area contributed by atoms with E-state index in [0.29, 0.717) is 25.9 Å². The first kappa shape index (κ1) is 33.0. The van der Waals surface area contributed by atoms with Gasteiger partial charge >= 0.3 is 0 Å². The van der Waals surface area contributed by atoms with Crippen molar-refractivity contribution in [1.29, 1.82) is 0 Å². The van der Waals surface area contributed by atoms with Crippen LogP contribution in [0.15, 0.2) is 98.1 Å². The van der Waals surface area contributed by atoms with E-state index in [9.17, 15) is 14.7 Å². The van der Waals surface area contributed by atoms with Crippen molar-refractivity contribution in [2.45, 2.75) is 61.1 Å². The monoisotopic (exact) mass is 651 g/mol. The molecule has 3 aromatic carbocycles. The SMILES string of the molecule is C=CCN(CCC)C(=O)[C@H]1[C@H]2C(=O)N([C@@H](CO)Cc3ccccc3)C(C(=O)N(CC=C)c3ccc4ccccc4c3)C23CC[C@]1(C)S3. The van der Waals surface area contributed by atoms with Crippen molar-refractivity contribution >= 4 is 45.9 Å².